The van der Waals surface area contributed by atoms with Crippen LogP contribution in [0.15, 0.2) is 18.5 Å². The van der Waals surface area contributed by atoms with Crippen molar-refractivity contribution in [2.45, 2.75) is 12.5 Å². The quantitative estimate of drug-likeness (QED) is 0.756. The first-order chi connectivity index (χ1) is 9.72. The van der Waals surface area contributed by atoms with E-state index in [2.05, 4.69) is 9.80 Å². The summed E-state index contributed by atoms with van der Waals surface area (Å²) in [5.74, 6) is 0.230. The monoisotopic (exact) mass is 277 g/mol. The first kappa shape index (κ1) is 13.8. The van der Waals surface area contributed by atoms with Gasteiger partial charge in [0.15, 0.2) is 5.78 Å². The number of likely N-dealkylation sites (tertiary alicyclic amines) is 1. The van der Waals surface area contributed by atoms with Crippen molar-refractivity contribution in [2.75, 3.05) is 45.9 Å². The van der Waals surface area contributed by atoms with Crippen molar-refractivity contribution in [2.24, 2.45) is 7.05 Å². The fourth-order valence-electron chi connectivity index (χ4n) is 3.16. The third kappa shape index (κ3) is 3.11. The molecule has 0 bridgehead atoms. The summed E-state index contributed by atoms with van der Waals surface area (Å²) in [6.07, 6.45) is 4.99. The lowest BCUT2D eigenvalue weighted by Gasteiger charge is -2.32. The number of carbonyl (C=O) groups excluding carboxylic acids is 1. The Kier molecular flexibility index (Phi) is 4.19. The van der Waals surface area contributed by atoms with Crippen molar-refractivity contribution in [3.05, 3.63) is 24.0 Å². The first-order valence-electron chi connectivity index (χ1n) is 7.42. The molecule has 0 saturated carbocycles. The van der Waals surface area contributed by atoms with Crippen molar-refractivity contribution in [3.63, 3.8) is 0 Å². The highest BCUT2D eigenvalue weighted by molar-refractivity contribution is 5.97. The Hall–Kier alpha value is -1.17. The lowest BCUT2D eigenvalue weighted by molar-refractivity contribution is 0.0185. The van der Waals surface area contributed by atoms with Gasteiger partial charge in [0.2, 0.25) is 0 Å². The number of rotatable bonds is 4. The zero-order valence-electron chi connectivity index (χ0n) is 12.1. The van der Waals surface area contributed by atoms with Gasteiger partial charge in [-0.15, -0.1) is 0 Å². The lowest BCUT2D eigenvalue weighted by Crippen LogP contribution is -2.45. The number of ketones is 1. The molecule has 0 radical (unpaired) electrons. The number of ether oxygens (including phenoxy) is 1. The molecule has 0 aliphatic carbocycles. The van der Waals surface area contributed by atoms with Gasteiger partial charge in [-0.2, -0.15) is 0 Å². The molecule has 20 heavy (non-hydrogen) atoms. The SMILES string of the molecule is Cn1ccc(C(=O)CN2CCC(N3CCOCC3)C2)c1. The highest BCUT2D eigenvalue weighted by atomic mass is 16.5. The van der Waals surface area contributed by atoms with Crippen LogP contribution in [0.5, 0.6) is 0 Å². The molecule has 0 amide bonds. The van der Waals surface area contributed by atoms with Gasteiger partial charge < -0.3 is 9.30 Å². The Labute approximate surface area is 120 Å². The van der Waals surface area contributed by atoms with Crippen molar-refractivity contribution in [3.8, 4) is 0 Å². The largest absolute Gasteiger partial charge is 0.379 e. The average Bonchev–Trinajstić information content (AvgIpc) is 3.09. The maximum absolute atomic E-state index is 12.2. The third-order valence-electron chi connectivity index (χ3n) is 4.33. The van der Waals surface area contributed by atoms with Gasteiger partial charge in [0.1, 0.15) is 0 Å². The Morgan fingerprint density at radius 2 is 2.15 bits per heavy atom. The maximum atomic E-state index is 12.2. The minimum absolute atomic E-state index is 0.230. The van der Waals surface area contributed by atoms with Gasteiger partial charge in [-0.25, -0.2) is 0 Å². The number of nitrogens with zero attached hydrogens (tertiary/aromatic N) is 3. The van der Waals surface area contributed by atoms with Crippen LogP contribution in [0.3, 0.4) is 0 Å². The summed E-state index contributed by atoms with van der Waals surface area (Å²) in [5.41, 5.74) is 0.822. The van der Waals surface area contributed by atoms with E-state index in [0.717, 1.165) is 45.0 Å². The Morgan fingerprint density at radius 1 is 1.35 bits per heavy atom. The Balaban J connectivity index is 1.51. The van der Waals surface area contributed by atoms with Crippen LogP contribution in [0.2, 0.25) is 0 Å². The normalized spacial score (nSPS) is 25.1. The van der Waals surface area contributed by atoms with Gasteiger partial charge in [0.05, 0.1) is 19.8 Å². The molecule has 1 unspecified atom stereocenters. The van der Waals surface area contributed by atoms with E-state index in [1.54, 1.807) is 0 Å². The molecule has 2 aliphatic heterocycles. The number of aromatic nitrogens is 1. The molecule has 2 saturated heterocycles. The van der Waals surface area contributed by atoms with Crippen LogP contribution in [0.1, 0.15) is 16.8 Å². The topological polar surface area (TPSA) is 37.7 Å². The summed E-state index contributed by atoms with van der Waals surface area (Å²) in [5, 5.41) is 0. The van der Waals surface area contributed by atoms with Crippen molar-refractivity contribution < 1.29 is 9.53 Å². The van der Waals surface area contributed by atoms with Gasteiger partial charge in [0, 0.05) is 57.2 Å². The van der Waals surface area contributed by atoms with E-state index in [-0.39, 0.29) is 5.78 Å². The summed E-state index contributed by atoms with van der Waals surface area (Å²) >= 11 is 0. The standard InChI is InChI=1S/C15H23N3O2/c1-16-4-2-13(10-16)15(19)12-17-5-3-14(11-17)18-6-8-20-9-7-18/h2,4,10,14H,3,5-9,11-12H2,1H3. The summed E-state index contributed by atoms with van der Waals surface area (Å²) in [4.78, 5) is 17.0. The van der Waals surface area contributed by atoms with Gasteiger partial charge in [0.25, 0.3) is 0 Å². The second kappa shape index (κ2) is 6.08. The van der Waals surface area contributed by atoms with Gasteiger partial charge in [-0.3, -0.25) is 14.6 Å². The van der Waals surface area contributed by atoms with E-state index >= 15 is 0 Å². The van der Waals surface area contributed by atoms with E-state index < -0.39 is 0 Å². The minimum atomic E-state index is 0.230. The summed E-state index contributed by atoms with van der Waals surface area (Å²) in [6.45, 7) is 6.35. The van der Waals surface area contributed by atoms with Crippen molar-refractivity contribution in [1.82, 2.24) is 14.4 Å². The summed E-state index contributed by atoms with van der Waals surface area (Å²) in [6, 6.07) is 2.50. The number of Topliss-reactive ketones (excluding diaryl/α,β-unsaturated/α-hetero) is 1. The van der Waals surface area contributed by atoms with Crippen LogP contribution in [0.25, 0.3) is 0 Å². The molecule has 5 nitrogen and oxygen atoms in total. The van der Waals surface area contributed by atoms with E-state index in [0.29, 0.717) is 12.6 Å². The second-order valence-corrected chi connectivity index (χ2v) is 5.81. The maximum Gasteiger partial charge on any atom is 0.178 e. The molecule has 3 heterocycles. The molecule has 3 rings (SSSR count). The molecule has 0 spiro atoms. The van der Waals surface area contributed by atoms with Gasteiger partial charge in [-0.1, -0.05) is 0 Å². The van der Waals surface area contributed by atoms with Crippen LogP contribution in [-0.4, -0.2) is 72.1 Å². The molecular formula is C15H23N3O2. The number of carbonyl (C=O) groups is 1. The molecule has 1 atom stereocenters. The van der Waals surface area contributed by atoms with Gasteiger partial charge >= 0.3 is 0 Å². The highest BCUT2D eigenvalue weighted by Crippen LogP contribution is 2.17. The zero-order chi connectivity index (χ0) is 13.9. The average molecular weight is 277 g/mol. The zero-order valence-corrected chi connectivity index (χ0v) is 12.1. The fourth-order valence-corrected chi connectivity index (χ4v) is 3.16. The molecule has 0 aromatic carbocycles. The molecule has 2 fully saturated rings. The van der Waals surface area contributed by atoms with Crippen molar-refractivity contribution >= 4 is 5.78 Å². The lowest BCUT2D eigenvalue weighted by atomic mass is 10.2. The number of hydrogen-bond donors (Lipinski definition) is 0. The Bertz CT molecular complexity index is 465. The van der Waals surface area contributed by atoms with Crippen LogP contribution in [0.4, 0.5) is 0 Å². The van der Waals surface area contributed by atoms with Crippen LogP contribution >= 0.6 is 0 Å². The molecule has 1 aromatic rings. The third-order valence-corrected chi connectivity index (χ3v) is 4.33. The fraction of sp³-hybridized carbons (Fsp3) is 0.667. The van der Waals surface area contributed by atoms with E-state index in [1.807, 2.05) is 30.1 Å². The molecule has 0 N–H and O–H groups in total. The summed E-state index contributed by atoms with van der Waals surface area (Å²) < 4.78 is 7.32. The van der Waals surface area contributed by atoms with E-state index in [9.17, 15) is 4.79 Å². The van der Waals surface area contributed by atoms with Gasteiger partial charge in [-0.05, 0) is 12.5 Å². The predicted molar refractivity (Wildman–Crippen MR) is 77.0 cm³/mol. The van der Waals surface area contributed by atoms with E-state index in [1.165, 1.54) is 6.42 Å². The van der Waals surface area contributed by atoms with Crippen LogP contribution in [-0.2, 0) is 11.8 Å². The van der Waals surface area contributed by atoms with Crippen molar-refractivity contribution in [1.29, 1.82) is 0 Å². The molecule has 110 valence electrons. The summed E-state index contributed by atoms with van der Waals surface area (Å²) in [7, 11) is 1.95. The molecular weight excluding hydrogens is 254 g/mol. The highest BCUT2D eigenvalue weighted by Gasteiger charge is 2.29. The molecule has 5 heteroatoms. The number of morpholine rings is 1. The smallest absolute Gasteiger partial charge is 0.178 e. The minimum Gasteiger partial charge on any atom is -0.379 e. The number of aryl methyl sites for hydroxylation is 1. The first-order valence-corrected chi connectivity index (χ1v) is 7.42. The molecule has 2 aliphatic rings. The number of hydrogen-bond acceptors (Lipinski definition) is 4. The van der Waals surface area contributed by atoms with E-state index in [4.69, 9.17) is 4.74 Å². The Morgan fingerprint density at radius 3 is 2.85 bits per heavy atom. The predicted octanol–water partition coefficient (Wildman–Crippen LogP) is 0.614. The van der Waals surface area contributed by atoms with Crippen LogP contribution in [0, 0.1) is 0 Å². The molecule has 1 aromatic heterocycles. The second-order valence-electron chi connectivity index (χ2n) is 5.81. The van der Waals surface area contributed by atoms with Crippen LogP contribution < -0.4 is 0 Å².